The van der Waals surface area contributed by atoms with Crippen LogP contribution in [0.25, 0.3) is 10.8 Å². The van der Waals surface area contributed by atoms with Gasteiger partial charge >= 0.3 is 5.97 Å². The van der Waals surface area contributed by atoms with Gasteiger partial charge in [0.05, 0.1) is 5.92 Å². The lowest BCUT2D eigenvalue weighted by Crippen LogP contribution is -2.28. The molecule has 0 aliphatic carbocycles. The third-order valence-electron chi connectivity index (χ3n) is 5.93. The number of hydrogen-bond acceptors (Lipinski definition) is 4. The number of hydrogen-bond donors (Lipinski definition) is 2. The third kappa shape index (κ3) is 9.01. The van der Waals surface area contributed by atoms with Gasteiger partial charge in [-0.05, 0) is 68.9 Å². The number of benzene rings is 2. The fraction of sp³-hybridized carbons (Fsp3) is 0.519. The predicted molar refractivity (Wildman–Crippen MR) is 133 cm³/mol. The number of fused-ring (bicyclic) bond motifs is 1. The summed E-state index contributed by atoms with van der Waals surface area (Å²) in [7, 11) is 0. The highest BCUT2D eigenvalue weighted by Crippen LogP contribution is 2.25. The Labute approximate surface area is 193 Å². The number of carboxylic acid groups (broad SMARTS) is 1. The van der Waals surface area contributed by atoms with Crippen LogP contribution in [0.1, 0.15) is 46.5 Å². The lowest BCUT2D eigenvalue weighted by molar-refractivity contribution is -0.141. The van der Waals surface area contributed by atoms with E-state index in [-0.39, 0.29) is 5.92 Å². The smallest absolute Gasteiger partial charge is 0.306 e. The Balaban J connectivity index is 1.91. The summed E-state index contributed by atoms with van der Waals surface area (Å²) in [6.45, 7) is 11.8. The van der Waals surface area contributed by atoms with Crippen molar-refractivity contribution >= 4 is 16.7 Å². The number of unbranched alkanes of at least 4 members (excludes halogenated alkanes) is 1. The topological polar surface area (TPSA) is 61.8 Å². The summed E-state index contributed by atoms with van der Waals surface area (Å²) in [6.07, 6.45) is 5.77. The summed E-state index contributed by atoms with van der Waals surface area (Å²) in [4.78, 5) is 13.5. The number of carboxylic acids is 1. The minimum atomic E-state index is -0.719. The number of allylic oxidation sites excluding steroid dienone is 1. The first kappa shape index (κ1) is 25.9. The van der Waals surface area contributed by atoms with E-state index in [0.29, 0.717) is 13.0 Å². The molecule has 0 saturated carbocycles. The van der Waals surface area contributed by atoms with E-state index in [0.717, 1.165) is 63.1 Å². The maximum absolute atomic E-state index is 11.0. The molecule has 2 rings (SSSR count). The van der Waals surface area contributed by atoms with E-state index in [9.17, 15) is 4.79 Å². The molecule has 2 aromatic carbocycles. The Morgan fingerprint density at radius 2 is 1.88 bits per heavy atom. The van der Waals surface area contributed by atoms with E-state index in [1.807, 2.05) is 24.3 Å². The monoisotopic (exact) mass is 440 g/mol. The van der Waals surface area contributed by atoms with Crippen LogP contribution < -0.4 is 10.1 Å². The van der Waals surface area contributed by atoms with Gasteiger partial charge in [-0.1, -0.05) is 63.2 Å². The Kier molecular flexibility index (Phi) is 11.8. The van der Waals surface area contributed by atoms with E-state index in [1.165, 1.54) is 11.0 Å². The molecule has 2 N–H and O–H groups in total. The molecule has 0 fully saturated rings. The van der Waals surface area contributed by atoms with Gasteiger partial charge < -0.3 is 20.1 Å². The molecule has 0 bridgehead atoms. The van der Waals surface area contributed by atoms with Crippen LogP contribution in [0.5, 0.6) is 5.75 Å². The zero-order valence-electron chi connectivity index (χ0n) is 20.0. The van der Waals surface area contributed by atoms with Crippen molar-refractivity contribution in [2.45, 2.75) is 46.5 Å². The van der Waals surface area contributed by atoms with Gasteiger partial charge in [-0.15, -0.1) is 0 Å². The van der Waals surface area contributed by atoms with Gasteiger partial charge in [0.2, 0.25) is 0 Å². The standard InChI is InChI=1S/C27H40N2O3/c1-4-29(5-2)19-11-18-28-20-23(13-7-6-12-22(3)27(30)31)21-32-26-17-10-15-24-14-8-9-16-25(24)26/h8-10,13-17,22,28H,4-7,11-12,18-21H2,1-3H3,(H,30,31). The zero-order chi connectivity index (χ0) is 23.2. The molecule has 0 saturated heterocycles. The Bertz CT molecular complexity index is 840. The molecule has 0 aliphatic heterocycles. The van der Waals surface area contributed by atoms with Gasteiger partial charge in [0.1, 0.15) is 12.4 Å². The van der Waals surface area contributed by atoms with Gasteiger partial charge in [0.25, 0.3) is 0 Å². The first-order valence-corrected chi connectivity index (χ1v) is 12.0. The fourth-order valence-electron chi connectivity index (χ4n) is 3.74. The van der Waals surface area contributed by atoms with Gasteiger partial charge in [0, 0.05) is 11.9 Å². The number of carbonyl (C=O) groups is 1. The minimum Gasteiger partial charge on any atom is -0.489 e. The van der Waals surface area contributed by atoms with Crippen molar-refractivity contribution in [2.75, 3.05) is 39.3 Å². The van der Waals surface area contributed by atoms with Crippen LogP contribution in [-0.2, 0) is 4.79 Å². The third-order valence-corrected chi connectivity index (χ3v) is 5.93. The maximum atomic E-state index is 11.0. The lowest BCUT2D eigenvalue weighted by Gasteiger charge is -2.18. The number of aliphatic carboxylic acids is 1. The quantitative estimate of drug-likeness (QED) is 0.272. The lowest BCUT2D eigenvalue weighted by atomic mass is 10.0. The number of nitrogens with zero attached hydrogens (tertiary/aromatic N) is 1. The fourth-order valence-corrected chi connectivity index (χ4v) is 3.74. The summed E-state index contributed by atoms with van der Waals surface area (Å²) in [6, 6.07) is 14.4. The van der Waals surface area contributed by atoms with Crippen LogP contribution in [0, 0.1) is 5.92 Å². The summed E-state index contributed by atoms with van der Waals surface area (Å²) in [5.74, 6) is -0.115. The molecule has 0 radical (unpaired) electrons. The molecular formula is C27H40N2O3. The van der Waals surface area contributed by atoms with Crippen molar-refractivity contribution in [3.05, 3.63) is 54.1 Å². The van der Waals surface area contributed by atoms with Crippen LogP contribution in [0.3, 0.4) is 0 Å². The Morgan fingerprint density at radius 3 is 2.62 bits per heavy atom. The van der Waals surface area contributed by atoms with Crippen molar-refractivity contribution in [3.63, 3.8) is 0 Å². The van der Waals surface area contributed by atoms with Crippen LogP contribution in [0.2, 0.25) is 0 Å². The van der Waals surface area contributed by atoms with Crippen molar-refractivity contribution < 1.29 is 14.6 Å². The largest absolute Gasteiger partial charge is 0.489 e. The van der Waals surface area contributed by atoms with Crippen molar-refractivity contribution in [3.8, 4) is 5.75 Å². The highest BCUT2D eigenvalue weighted by molar-refractivity contribution is 5.88. The predicted octanol–water partition coefficient (Wildman–Crippen LogP) is 5.36. The molecule has 1 unspecified atom stereocenters. The van der Waals surface area contributed by atoms with Crippen LogP contribution in [0.4, 0.5) is 0 Å². The van der Waals surface area contributed by atoms with Crippen molar-refractivity contribution in [1.82, 2.24) is 10.2 Å². The molecule has 0 aliphatic rings. The van der Waals surface area contributed by atoms with Gasteiger partial charge in [0.15, 0.2) is 0 Å². The van der Waals surface area contributed by atoms with Crippen LogP contribution >= 0.6 is 0 Å². The van der Waals surface area contributed by atoms with E-state index in [4.69, 9.17) is 9.84 Å². The normalized spacial score (nSPS) is 12.9. The molecule has 5 heteroatoms. The molecular weight excluding hydrogens is 400 g/mol. The molecule has 2 aromatic rings. The van der Waals surface area contributed by atoms with Crippen LogP contribution in [-0.4, -0.2) is 55.3 Å². The van der Waals surface area contributed by atoms with Gasteiger partial charge in [-0.2, -0.15) is 0 Å². The van der Waals surface area contributed by atoms with E-state index >= 15 is 0 Å². The molecule has 0 aromatic heterocycles. The second-order valence-corrected chi connectivity index (χ2v) is 8.36. The molecule has 32 heavy (non-hydrogen) atoms. The van der Waals surface area contributed by atoms with E-state index in [2.05, 4.69) is 48.3 Å². The zero-order valence-corrected chi connectivity index (χ0v) is 20.0. The van der Waals surface area contributed by atoms with Crippen molar-refractivity contribution in [1.29, 1.82) is 0 Å². The summed E-state index contributed by atoms with van der Waals surface area (Å²) in [5, 5.41) is 14.9. The number of ether oxygens (including phenoxy) is 1. The number of rotatable bonds is 16. The van der Waals surface area contributed by atoms with E-state index in [1.54, 1.807) is 6.92 Å². The SMILES string of the molecule is CCN(CC)CCCNCC(=CCCCC(C)C(=O)O)COc1cccc2ccccc12. The van der Waals surface area contributed by atoms with Gasteiger partial charge in [-0.3, -0.25) is 4.79 Å². The molecule has 0 amide bonds. The second kappa shape index (κ2) is 14.6. The molecule has 176 valence electrons. The Morgan fingerprint density at radius 1 is 1.12 bits per heavy atom. The first-order valence-electron chi connectivity index (χ1n) is 12.0. The summed E-state index contributed by atoms with van der Waals surface area (Å²) < 4.78 is 6.22. The molecule has 1 atom stereocenters. The highest BCUT2D eigenvalue weighted by Gasteiger charge is 2.10. The number of nitrogens with one attached hydrogen (secondary N) is 1. The Hall–Kier alpha value is -2.37. The average molecular weight is 441 g/mol. The van der Waals surface area contributed by atoms with Gasteiger partial charge in [-0.25, -0.2) is 0 Å². The molecule has 5 nitrogen and oxygen atoms in total. The van der Waals surface area contributed by atoms with Crippen LogP contribution in [0.15, 0.2) is 54.1 Å². The highest BCUT2D eigenvalue weighted by atomic mass is 16.5. The maximum Gasteiger partial charge on any atom is 0.306 e. The van der Waals surface area contributed by atoms with E-state index < -0.39 is 5.97 Å². The molecule has 0 heterocycles. The second-order valence-electron chi connectivity index (χ2n) is 8.36. The first-order chi connectivity index (χ1) is 15.5. The van der Waals surface area contributed by atoms with Crippen molar-refractivity contribution in [2.24, 2.45) is 5.92 Å². The minimum absolute atomic E-state index is 0.294. The molecule has 0 spiro atoms. The summed E-state index contributed by atoms with van der Waals surface area (Å²) >= 11 is 0. The summed E-state index contributed by atoms with van der Waals surface area (Å²) in [5.41, 5.74) is 1.21. The average Bonchev–Trinajstić information content (AvgIpc) is 2.81.